The molecule has 0 aliphatic rings. The maximum Gasteiger partial charge on any atom is 0.335 e. The normalized spacial score (nSPS) is 9.04. The summed E-state index contributed by atoms with van der Waals surface area (Å²) in [6.07, 6.45) is 2.04. The van der Waals surface area contributed by atoms with Gasteiger partial charge in [0.2, 0.25) is 0 Å². The fourth-order valence-corrected chi connectivity index (χ4v) is 1.52. The van der Waals surface area contributed by atoms with Crippen molar-refractivity contribution in [2.75, 3.05) is 0 Å². The lowest BCUT2D eigenvalue weighted by molar-refractivity contribution is -0.139. The summed E-state index contributed by atoms with van der Waals surface area (Å²) < 4.78 is 0. The van der Waals surface area contributed by atoms with Gasteiger partial charge in [-0.3, -0.25) is 14.4 Å². The molecule has 1 rings (SSSR count). The first-order valence-corrected chi connectivity index (χ1v) is 8.23. The average Bonchev–Trinajstić information content (AvgIpc) is 2.59. The van der Waals surface area contributed by atoms with Gasteiger partial charge in [0.25, 0.3) is 0 Å². The largest absolute Gasteiger partial charge is 0.481 e. The van der Waals surface area contributed by atoms with Gasteiger partial charge < -0.3 is 25.5 Å². The molecule has 0 aliphatic carbocycles. The maximum absolute atomic E-state index is 10.3. The third kappa shape index (κ3) is 17.4. The standard InChI is InChI=1S/C8H6O4.C6H10O4.C4H8O2/c9-7(10)5-1-2-6(4-3-5)8(11)12;7-5(8)3-1-2-4-6(9)10;1-2-3-4(5)6/h1-4H,(H,9,10)(H,11,12);1-4H2,(H,7,8)(H,9,10);2-3H2,1H3,(H,5,6). The Kier molecular flexibility index (Phi) is 15.1. The number of benzene rings is 1. The van der Waals surface area contributed by atoms with E-state index in [0.29, 0.717) is 19.3 Å². The van der Waals surface area contributed by atoms with Crippen LogP contribution < -0.4 is 0 Å². The van der Waals surface area contributed by atoms with E-state index in [1.165, 1.54) is 24.3 Å². The van der Waals surface area contributed by atoms with E-state index >= 15 is 0 Å². The molecule has 0 saturated heterocycles. The van der Waals surface area contributed by atoms with Crippen LogP contribution in [0.2, 0.25) is 0 Å². The molecule has 0 fully saturated rings. The predicted octanol–water partition coefficient (Wildman–Crippen LogP) is 2.67. The lowest BCUT2D eigenvalue weighted by Gasteiger charge is -1.94. The Bertz CT molecular complexity index is 600. The number of aromatic carboxylic acids is 2. The molecule has 0 unspecified atom stereocenters. The summed E-state index contributed by atoms with van der Waals surface area (Å²) in [5, 5.41) is 41.1. The molecule has 0 radical (unpaired) electrons. The summed E-state index contributed by atoms with van der Waals surface area (Å²) in [7, 11) is 0. The Hall–Kier alpha value is -3.43. The molecule has 10 heteroatoms. The maximum atomic E-state index is 10.3. The van der Waals surface area contributed by atoms with Gasteiger partial charge in [-0.1, -0.05) is 6.92 Å². The Morgan fingerprint density at radius 3 is 1.04 bits per heavy atom. The topological polar surface area (TPSA) is 186 Å². The number of aliphatic carboxylic acids is 3. The number of carboxylic acid groups (broad SMARTS) is 5. The molecule has 0 bridgehead atoms. The lowest BCUT2D eigenvalue weighted by atomic mass is 10.1. The molecular weight excluding hydrogens is 376 g/mol. The summed E-state index contributed by atoms with van der Waals surface area (Å²) in [5.41, 5.74) is 0.167. The van der Waals surface area contributed by atoms with E-state index < -0.39 is 29.8 Å². The van der Waals surface area contributed by atoms with E-state index in [2.05, 4.69) is 0 Å². The van der Waals surface area contributed by atoms with Gasteiger partial charge in [0, 0.05) is 19.3 Å². The van der Waals surface area contributed by atoms with Gasteiger partial charge in [-0.25, -0.2) is 9.59 Å². The Morgan fingerprint density at radius 2 is 0.893 bits per heavy atom. The van der Waals surface area contributed by atoms with Crippen molar-refractivity contribution in [2.45, 2.75) is 45.4 Å². The molecule has 0 amide bonds. The summed E-state index contributed by atoms with van der Waals surface area (Å²) in [6, 6.07) is 5.02. The molecule has 156 valence electrons. The van der Waals surface area contributed by atoms with Crippen molar-refractivity contribution >= 4 is 29.8 Å². The molecule has 0 spiro atoms. The quantitative estimate of drug-likeness (QED) is 0.386. The van der Waals surface area contributed by atoms with E-state index in [9.17, 15) is 24.0 Å². The van der Waals surface area contributed by atoms with Crippen molar-refractivity contribution in [2.24, 2.45) is 0 Å². The lowest BCUT2D eigenvalue weighted by Crippen LogP contribution is -1.99. The second-order valence-corrected chi connectivity index (χ2v) is 5.33. The van der Waals surface area contributed by atoms with E-state index in [4.69, 9.17) is 25.5 Å². The van der Waals surface area contributed by atoms with Crippen molar-refractivity contribution in [1.29, 1.82) is 0 Å². The van der Waals surface area contributed by atoms with Crippen LogP contribution in [0.5, 0.6) is 0 Å². The predicted molar refractivity (Wildman–Crippen MR) is 96.6 cm³/mol. The second-order valence-electron chi connectivity index (χ2n) is 5.33. The second kappa shape index (κ2) is 15.8. The number of hydrogen-bond acceptors (Lipinski definition) is 5. The summed E-state index contributed by atoms with van der Waals surface area (Å²) in [6.45, 7) is 1.84. The third-order valence-electron chi connectivity index (χ3n) is 2.87. The highest BCUT2D eigenvalue weighted by Crippen LogP contribution is 2.03. The first-order valence-electron chi connectivity index (χ1n) is 8.23. The summed E-state index contributed by atoms with van der Waals surface area (Å²) in [4.78, 5) is 50.1. The summed E-state index contributed by atoms with van der Waals surface area (Å²) in [5.74, 6) is -4.58. The number of rotatable bonds is 9. The van der Waals surface area contributed by atoms with Crippen LogP contribution in [0, 0.1) is 0 Å². The van der Waals surface area contributed by atoms with Gasteiger partial charge in [0.15, 0.2) is 0 Å². The number of unbranched alkanes of at least 4 members (excludes halogenated alkanes) is 1. The van der Waals surface area contributed by atoms with Crippen LogP contribution in [-0.2, 0) is 14.4 Å². The highest BCUT2D eigenvalue weighted by Gasteiger charge is 2.04. The molecule has 10 nitrogen and oxygen atoms in total. The van der Waals surface area contributed by atoms with Crippen molar-refractivity contribution in [3.05, 3.63) is 35.4 Å². The van der Waals surface area contributed by atoms with Crippen molar-refractivity contribution in [1.82, 2.24) is 0 Å². The molecule has 0 aliphatic heterocycles. The van der Waals surface area contributed by atoms with Gasteiger partial charge >= 0.3 is 29.8 Å². The average molecular weight is 400 g/mol. The highest BCUT2D eigenvalue weighted by molar-refractivity contribution is 5.91. The monoisotopic (exact) mass is 400 g/mol. The summed E-state index contributed by atoms with van der Waals surface area (Å²) >= 11 is 0. The molecule has 5 N–H and O–H groups in total. The van der Waals surface area contributed by atoms with Crippen molar-refractivity contribution < 1.29 is 49.5 Å². The first-order chi connectivity index (χ1) is 13.0. The fraction of sp³-hybridized carbons (Fsp3) is 0.389. The van der Waals surface area contributed by atoms with Crippen LogP contribution in [0.1, 0.15) is 66.2 Å². The molecule has 0 saturated carbocycles. The van der Waals surface area contributed by atoms with Crippen molar-refractivity contribution in [3.8, 4) is 0 Å². The molecule has 0 atom stereocenters. The van der Waals surface area contributed by atoms with Crippen molar-refractivity contribution in [3.63, 3.8) is 0 Å². The van der Waals surface area contributed by atoms with E-state index in [-0.39, 0.29) is 24.0 Å². The van der Waals surface area contributed by atoms with E-state index in [0.717, 1.165) is 6.42 Å². The zero-order valence-electron chi connectivity index (χ0n) is 15.3. The molecule has 0 aromatic heterocycles. The molecule has 1 aromatic rings. The minimum absolute atomic E-state index is 0.0628. The third-order valence-corrected chi connectivity index (χ3v) is 2.87. The molecule has 1 aromatic carbocycles. The molecule has 28 heavy (non-hydrogen) atoms. The molecular formula is C18H24O10. The number of carbonyl (C=O) groups is 5. The first kappa shape index (κ1) is 26.8. The fourth-order valence-electron chi connectivity index (χ4n) is 1.52. The van der Waals surface area contributed by atoms with Crippen LogP contribution in [0.25, 0.3) is 0 Å². The van der Waals surface area contributed by atoms with Gasteiger partial charge in [-0.05, 0) is 43.5 Å². The Morgan fingerprint density at radius 1 is 0.607 bits per heavy atom. The van der Waals surface area contributed by atoms with E-state index in [1.807, 2.05) is 6.92 Å². The van der Waals surface area contributed by atoms with Gasteiger partial charge in [-0.2, -0.15) is 0 Å². The van der Waals surface area contributed by atoms with Gasteiger partial charge in [-0.15, -0.1) is 0 Å². The zero-order valence-corrected chi connectivity index (χ0v) is 15.3. The smallest absolute Gasteiger partial charge is 0.335 e. The van der Waals surface area contributed by atoms with Crippen LogP contribution in [-0.4, -0.2) is 55.4 Å². The van der Waals surface area contributed by atoms with Crippen LogP contribution in [0.4, 0.5) is 0 Å². The van der Waals surface area contributed by atoms with Crippen LogP contribution in [0.15, 0.2) is 24.3 Å². The SMILES string of the molecule is CCCC(=O)O.O=C(O)CCCCC(=O)O.O=C(O)c1ccc(C(=O)O)cc1. The van der Waals surface area contributed by atoms with Gasteiger partial charge in [0.05, 0.1) is 11.1 Å². The number of carboxylic acids is 5. The molecule has 0 heterocycles. The zero-order chi connectivity index (χ0) is 22.1. The Balaban J connectivity index is 0. The van der Waals surface area contributed by atoms with E-state index in [1.54, 1.807) is 0 Å². The highest BCUT2D eigenvalue weighted by atomic mass is 16.4. The minimum atomic E-state index is -1.06. The minimum Gasteiger partial charge on any atom is -0.481 e. The van der Waals surface area contributed by atoms with Crippen LogP contribution in [0.3, 0.4) is 0 Å². The number of hydrogen-bond donors (Lipinski definition) is 5. The van der Waals surface area contributed by atoms with Gasteiger partial charge in [0.1, 0.15) is 0 Å². The van der Waals surface area contributed by atoms with Crippen LogP contribution >= 0.6 is 0 Å². The Labute approximate surface area is 161 Å².